The molecule has 34 heavy (non-hydrogen) atoms. The van der Waals surface area contributed by atoms with Gasteiger partial charge in [0.2, 0.25) is 17.5 Å². The lowest BCUT2D eigenvalue weighted by Gasteiger charge is -2.41. The molecular formula is C23H31N3O8. The molecule has 1 unspecified atom stereocenters. The number of fused-ring (bicyclic) bond motifs is 4. The van der Waals surface area contributed by atoms with E-state index in [1.54, 1.807) is 9.80 Å². The van der Waals surface area contributed by atoms with Crippen molar-refractivity contribution in [3.63, 3.8) is 0 Å². The number of hydrogen-bond donors (Lipinski definition) is 1. The molecule has 0 aromatic carbocycles. The molecule has 0 bridgehead atoms. The number of amides is 2. The fraction of sp³-hybridized carbons (Fsp3) is 0.739. The maximum atomic E-state index is 14.1. The minimum absolute atomic E-state index is 0.125. The van der Waals surface area contributed by atoms with E-state index in [2.05, 4.69) is 6.92 Å². The molecule has 11 nitrogen and oxygen atoms in total. The van der Waals surface area contributed by atoms with Gasteiger partial charge in [0.05, 0.1) is 36.8 Å². The van der Waals surface area contributed by atoms with Crippen molar-refractivity contribution in [2.24, 2.45) is 17.6 Å². The largest absolute Gasteiger partial charge is 0.449 e. The molecule has 186 valence electrons. The number of nitrogens with two attached hydrogens (primary N) is 1. The smallest absolute Gasteiger partial charge is 0.404 e. The molecule has 0 aromatic rings. The summed E-state index contributed by atoms with van der Waals surface area (Å²) in [5.41, 5.74) is 4.48. The lowest BCUT2D eigenvalue weighted by Crippen LogP contribution is -2.56. The van der Waals surface area contributed by atoms with Crippen LogP contribution in [-0.2, 0) is 33.3 Å². The Labute approximate surface area is 197 Å². The van der Waals surface area contributed by atoms with Crippen LogP contribution in [0.3, 0.4) is 0 Å². The molecule has 3 fully saturated rings. The van der Waals surface area contributed by atoms with Gasteiger partial charge < -0.3 is 34.5 Å². The summed E-state index contributed by atoms with van der Waals surface area (Å²) in [5.74, 6) is -4.09. The molecule has 2 N–H and O–H groups in total. The van der Waals surface area contributed by atoms with Gasteiger partial charge in [-0.2, -0.15) is 0 Å². The molecule has 0 aromatic heterocycles. The SMILES string of the molecule is CCCCCC1C(=O)C2=C(C(=O)C13OCCO3)[C@@H](COC(N)=O)[C@@]1(OC)[C@@H]3[C@H](CN21)N3C(C)=O. The van der Waals surface area contributed by atoms with Crippen LogP contribution in [0.2, 0.25) is 0 Å². The van der Waals surface area contributed by atoms with Crippen LogP contribution in [0.5, 0.6) is 0 Å². The maximum absolute atomic E-state index is 14.1. The summed E-state index contributed by atoms with van der Waals surface area (Å²) < 4.78 is 23.0. The van der Waals surface area contributed by atoms with Crippen LogP contribution in [0.25, 0.3) is 0 Å². The number of rotatable bonds is 7. The van der Waals surface area contributed by atoms with E-state index in [-0.39, 0.29) is 54.9 Å². The van der Waals surface area contributed by atoms with Crippen LogP contribution in [0.15, 0.2) is 11.3 Å². The van der Waals surface area contributed by atoms with Gasteiger partial charge in [-0.15, -0.1) is 0 Å². The maximum Gasteiger partial charge on any atom is 0.404 e. The van der Waals surface area contributed by atoms with Crippen molar-refractivity contribution in [2.75, 3.05) is 33.5 Å². The second-order valence-corrected chi connectivity index (χ2v) is 9.56. The van der Waals surface area contributed by atoms with Crippen molar-refractivity contribution < 1.29 is 38.1 Å². The zero-order valence-electron chi connectivity index (χ0n) is 19.7. The van der Waals surface area contributed by atoms with Gasteiger partial charge in [-0.3, -0.25) is 14.4 Å². The average molecular weight is 478 g/mol. The highest BCUT2D eigenvalue weighted by molar-refractivity contribution is 6.17. The van der Waals surface area contributed by atoms with Gasteiger partial charge >= 0.3 is 6.09 Å². The highest BCUT2D eigenvalue weighted by atomic mass is 16.7. The van der Waals surface area contributed by atoms with Crippen LogP contribution in [0.4, 0.5) is 4.79 Å². The first-order chi connectivity index (χ1) is 16.3. The van der Waals surface area contributed by atoms with Crippen LogP contribution in [0.1, 0.15) is 39.5 Å². The molecule has 5 aliphatic rings. The zero-order valence-corrected chi connectivity index (χ0v) is 19.7. The van der Waals surface area contributed by atoms with Crippen molar-refractivity contribution in [1.82, 2.24) is 9.80 Å². The fourth-order valence-corrected chi connectivity index (χ4v) is 6.68. The summed E-state index contributed by atoms with van der Waals surface area (Å²) in [7, 11) is 1.48. The number of piperazine rings is 1. The molecule has 2 amide bonds. The van der Waals surface area contributed by atoms with E-state index in [4.69, 9.17) is 24.7 Å². The molecule has 1 spiro atoms. The van der Waals surface area contributed by atoms with E-state index >= 15 is 0 Å². The Kier molecular flexibility index (Phi) is 5.49. The van der Waals surface area contributed by atoms with E-state index in [9.17, 15) is 19.2 Å². The lowest BCUT2D eigenvalue weighted by atomic mass is 9.73. The number of primary amides is 1. The second kappa shape index (κ2) is 8.03. The molecule has 4 heterocycles. The minimum atomic E-state index is -1.69. The van der Waals surface area contributed by atoms with Gasteiger partial charge in [-0.05, 0) is 6.42 Å². The molecule has 11 heteroatoms. The molecule has 0 radical (unpaired) electrons. The number of Topliss-reactive ketones (excluding diaryl/α,β-unsaturated/α-hetero) is 2. The molecule has 1 aliphatic carbocycles. The van der Waals surface area contributed by atoms with E-state index in [0.717, 1.165) is 19.3 Å². The van der Waals surface area contributed by atoms with Crippen molar-refractivity contribution >= 4 is 23.6 Å². The summed E-state index contributed by atoms with van der Waals surface area (Å²) in [4.78, 5) is 55.4. The van der Waals surface area contributed by atoms with Gasteiger partial charge in [-0.1, -0.05) is 26.2 Å². The molecule has 3 saturated heterocycles. The van der Waals surface area contributed by atoms with Gasteiger partial charge in [0.15, 0.2) is 11.5 Å². The molecular weight excluding hydrogens is 446 g/mol. The first kappa shape index (κ1) is 23.3. The highest BCUT2D eigenvalue weighted by Crippen LogP contribution is 2.61. The standard InChI is InChI=1S/C23H31N3O8/c1-4-5-6-7-13-18(28)17-16(20(29)23(13)33-8-9-34-23)14(11-32-21(24)30)22(31-3)19-15(10-25(17)22)26(19)12(2)27/h13-15,19H,4-11H2,1-3H3,(H2,24,30)/t13?,14-,15+,19+,22-,26?/m1/s1. The van der Waals surface area contributed by atoms with E-state index in [1.165, 1.54) is 14.0 Å². The number of ether oxygens (including phenoxy) is 4. The number of hydrogen-bond acceptors (Lipinski definition) is 9. The predicted molar refractivity (Wildman–Crippen MR) is 115 cm³/mol. The number of carbonyl (C=O) groups excluding carboxylic acids is 4. The number of allylic oxidation sites excluding steroid dienone is 1. The lowest BCUT2D eigenvalue weighted by molar-refractivity contribution is -0.201. The molecule has 4 aliphatic heterocycles. The van der Waals surface area contributed by atoms with E-state index in [1.807, 2.05) is 0 Å². The second-order valence-electron chi connectivity index (χ2n) is 9.56. The summed E-state index contributed by atoms with van der Waals surface area (Å²) in [6.45, 7) is 4.02. The third kappa shape index (κ3) is 2.86. The molecule has 5 atom stereocenters. The Balaban J connectivity index is 1.61. The Hall–Kier alpha value is -2.50. The molecule has 5 rings (SSSR count). The summed E-state index contributed by atoms with van der Waals surface area (Å²) >= 11 is 0. The van der Waals surface area contributed by atoms with E-state index < -0.39 is 35.2 Å². The number of unbranched alkanes of at least 4 members (excludes halogenated alkanes) is 2. The Morgan fingerprint density at radius 2 is 1.88 bits per heavy atom. The van der Waals surface area contributed by atoms with Crippen molar-refractivity contribution in [3.8, 4) is 0 Å². The monoisotopic (exact) mass is 477 g/mol. The topological polar surface area (TPSA) is 137 Å². The van der Waals surface area contributed by atoms with Crippen molar-refractivity contribution in [3.05, 3.63) is 11.3 Å². The summed E-state index contributed by atoms with van der Waals surface area (Å²) in [6, 6.07) is -0.540. The highest BCUT2D eigenvalue weighted by Gasteiger charge is 2.79. The van der Waals surface area contributed by atoms with Crippen LogP contribution in [-0.4, -0.2) is 90.4 Å². The molecule has 0 saturated carbocycles. The fourth-order valence-electron chi connectivity index (χ4n) is 6.68. The third-order valence-electron chi connectivity index (χ3n) is 7.99. The van der Waals surface area contributed by atoms with Crippen molar-refractivity contribution in [1.29, 1.82) is 0 Å². The van der Waals surface area contributed by atoms with Gasteiger partial charge in [0.25, 0.3) is 0 Å². The number of ketones is 2. The average Bonchev–Trinajstić information content (AvgIpc) is 3.10. The van der Waals surface area contributed by atoms with Crippen molar-refractivity contribution in [2.45, 2.75) is 63.1 Å². The first-order valence-corrected chi connectivity index (χ1v) is 11.9. The number of methoxy groups -OCH3 is 1. The first-order valence-electron chi connectivity index (χ1n) is 11.9. The summed E-state index contributed by atoms with van der Waals surface area (Å²) in [5, 5.41) is 0. The Morgan fingerprint density at radius 3 is 2.47 bits per heavy atom. The van der Waals surface area contributed by atoms with Crippen LogP contribution >= 0.6 is 0 Å². The third-order valence-corrected chi connectivity index (χ3v) is 7.99. The quantitative estimate of drug-likeness (QED) is 0.406. The van der Waals surface area contributed by atoms with Gasteiger partial charge in [0.1, 0.15) is 12.6 Å². The zero-order chi connectivity index (χ0) is 24.4. The number of carbonyl (C=O) groups is 4. The van der Waals surface area contributed by atoms with Crippen LogP contribution in [0, 0.1) is 11.8 Å². The van der Waals surface area contributed by atoms with E-state index in [0.29, 0.717) is 13.0 Å². The summed E-state index contributed by atoms with van der Waals surface area (Å²) in [6.07, 6.45) is 2.09. The normalized spacial score (nSPS) is 35.0. The van der Waals surface area contributed by atoms with Gasteiger partial charge in [0, 0.05) is 26.2 Å². The minimum Gasteiger partial charge on any atom is -0.449 e. The predicted octanol–water partition coefficient (Wildman–Crippen LogP) is 0.315. The Morgan fingerprint density at radius 1 is 1.18 bits per heavy atom. The Bertz CT molecular complexity index is 973. The van der Waals surface area contributed by atoms with Gasteiger partial charge in [-0.25, -0.2) is 4.79 Å². The number of nitrogens with zero attached hydrogens (tertiary/aromatic N) is 2. The van der Waals surface area contributed by atoms with Crippen LogP contribution < -0.4 is 5.73 Å².